The average molecular weight is 469 g/mol. The molecule has 0 amide bonds. The highest BCUT2D eigenvalue weighted by atomic mass is 32.2. The van der Waals surface area contributed by atoms with Crippen molar-refractivity contribution in [3.63, 3.8) is 0 Å². The summed E-state index contributed by atoms with van der Waals surface area (Å²) in [6.07, 6.45) is -1.15. The Bertz CT molecular complexity index is 1450. The molecule has 0 spiro atoms. The van der Waals surface area contributed by atoms with Gasteiger partial charge in [0.25, 0.3) is 10.0 Å². The SMILES string of the molecule is COc1cc(-c2cc3c4c(ccc3n2S(=O)(=O)c2ccccc2)[C@H](N)[C@H](F)C4)nc(CO)n1. The molecule has 0 aliphatic heterocycles. The van der Waals surface area contributed by atoms with Crippen LogP contribution in [0, 0.1) is 0 Å². The van der Waals surface area contributed by atoms with Gasteiger partial charge in [0, 0.05) is 17.9 Å². The normalized spacial score (nSPS) is 17.9. The number of alkyl halides is 1. The molecule has 2 atom stereocenters. The van der Waals surface area contributed by atoms with E-state index in [9.17, 15) is 17.9 Å². The fourth-order valence-corrected chi connectivity index (χ4v) is 5.84. The number of aromatic nitrogens is 3. The Balaban J connectivity index is 1.86. The molecule has 0 bridgehead atoms. The quantitative estimate of drug-likeness (QED) is 0.462. The highest BCUT2D eigenvalue weighted by Crippen LogP contribution is 2.41. The van der Waals surface area contributed by atoms with Crippen molar-refractivity contribution in [1.82, 2.24) is 13.9 Å². The van der Waals surface area contributed by atoms with Gasteiger partial charge in [-0.05, 0) is 35.4 Å². The van der Waals surface area contributed by atoms with E-state index < -0.39 is 28.8 Å². The summed E-state index contributed by atoms with van der Waals surface area (Å²) < 4.78 is 48.4. The Morgan fingerprint density at radius 1 is 1.18 bits per heavy atom. The number of nitrogens with zero attached hydrogens (tertiary/aromatic N) is 3. The Morgan fingerprint density at radius 2 is 1.94 bits per heavy atom. The van der Waals surface area contributed by atoms with Crippen LogP contribution in [0.3, 0.4) is 0 Å². The third kappa shape index (κ3) is 3.38. The predicted molar refractivity (Wildman–Crippen MR) is 120 cm³/mol. The number of benzene rings is 2. The molecule has 10 heteroatoms. The maximum Gasteiger partial charge on any atom is 0.268 e. The largest absolute Gasteiger partial charge is 0.481 e. The highest BCUT2D eigenvalue weighted by molar-refractivity contribution is 7.90. The fraction of sp³-hybridized carbons (Fsp3) is 0.217. The molecule has 1 aliphatic rings. The van der Waals surface area contributed by atoms with Crippen molar-refractivity contribution < 1.29 is 22.7 Å². The van der Waals surface area contributed by atoms with Gasteiger partial charge in [-0.15, -0.1) is 0 Å². The fourth-order valence-electron chi connectivity index (χ4n) is 4.30. The molecule has 170 valence electrons. The number of methoxy groups -OCH3 is 1. The van der Waals surface area contributed by atoms with Crippen molar-refractivity contribution in [1.29, 1.82) is 0 Å². The monoisotopic (exact) mass is 468 g/mol. The number of hydrogen-bond acceptors (Lipinski definition) is 7. The molecular formula is C23H21FN4O4S. The Morgan fingerprint density at radius 3 is 2.64 bits per heavy atom. The lowest BCUT2D eigenvalue weighted by molar-refractivity contribution is 0.268. The zero-order chi connectivity index (χ0) is 23.3. The minimum Gasteiger partial charge on any atom is -0.481 e. The van der Waals surface area contributed by atoms with Crippen LogP contribution in [0.15, 0.2) is 59.5 Å². The summed E-state index contributed by atoms with van der Waals surface area (Å²) in [4.78, 5) is 8.49. The number of rotatable bonds is 5. The molecule has 4 aromatic rings. The summed E-state index contributed by atoms with van der Waals surface area (Å²) in [5, 5.41) is 10.2. The molecule has 3 N–H and O–H groups in total. The molecule has 0 fully saturated rings. The van der Waals surface area contributed by atoms with E-state index in [4.69, 9.17) is 10.5 Å². The van der Waals surface area contributed by atoms with Crippen molar-refractivity contribution in [3.05, 3.63) is 71.5 Å². The number of aliphatic hydroxyl groups is 1. The smallest absolute Gasteiger partial charge is 0.268 e. The van der Waals surface area contributed by atoms with E-state index in [0.717, 1.165) is 0 Å². The van der Waals surface area contributed by atoms with E-state index in [0.29, 0.717) is 22.0 Å². The molecule has 0 radical (unpaired) electrons. The summed E-state index contributed by atoms with van der Waals surface area (Å²) in [6.45, 7) is -0.455. The second-order valence-electron chi connectivity index (χ2n) is 7.79. The van der Waals surface area contributed by atoms with E-state index in [-0.39, 0.29) is 34.4 Å². The van der Waals surface area contributed by atoms with Crippen molar-refractivity contribution in [2.75, 3.05) is 7.11 Å². The minimum absolute atomic E-state index is 0.0781. The summed E-state index contributed by atoms with van der Waals surface area (Å²) in [7, 11) is -2.64. The number of halogens is 1. The standard InChI is InChI=1S/C23H21FN4O4S/c1-32-22-11-18(26-21(12-29)27-22)20-10-16-15-9-17(24)23(25)14(15)7-8-19(16)28(20)33(30,31)13-5-3-2-4-6-13/h2-8,10-11,17,23,29H,9,12,25H2,1H3/t17-,23+/m1/s1. The van der Waals surface area contributed by atoms with Crippen molar-refractivity contribution in [3.8, 4) is 17.3 Å². The van der Waals surface area contributed by atoms with Crippen LogP contribution in [0.1, 0.15) is 23.0 Å². The van der Waals surface area contributed by atoms with E-state index in [1.54, 1.807) is 36.4 Å². The van der Waals surface area contributed by atoms with Crippen LogP contribution in [0.2, 0.25) is 0 Å². The summed E-state index contributed by atoms with van der Waals surface area (Å²) in [5.41, 5.74) is 8.24. The van der Waals surface area contributed by atoms with Gasteiger partial charge in [0.05, 0.1) is 35.0 Å². The molecule has 1 aliphatic carbocycles. The van der Waals surface area contributed by atoms with E-state index in [2.05, 4.69) is 9.97 Å². The maximum absolute atomic E-state index is 14.4. The van der Waals surface area contributed by atoms with E-state index in [1.165, 1.54) is 29.3 Å². The molecule has 2 aromatic heterocycles. The van der Waals surface area contributed by atoms with Gasteiger partial charge < -0.3 is 15.6 Å². The second kappa shape index (κ2) is 7.91. The van der Waals surface area contributed by atoms with Crippen LogP contribution in [0.25, 0.3) is 22.3 Å². The van der Waals surface area contributed by atoms with Gasteiger partial charge >= 0.3 is 0 Å². The van der Waals surface area contributed by atoms with Gasteiger partial charge in [-0.2, -0.15) is 4.98 Å². The Kier molecular flexibility index (Phi) is 5.15. The zero-order valence-electron chi connectivity index (χ0n) is 17.6. The molecule has 2 heterocycles. The molecule has 8 nitrogen and oxygen atoms in total. The van der Waals surface area contributed by atoms with Crippen LogP contribution in [0.5, 0.6) is 5.88 Å². The van der Waals surface area contributed by atoms with E-state index in [1.807, 2.05) is 0 Å². The van der Waals surface area contributed by atoms with Crippen LogP contribution < -0.4 is 10.5 Å². The Labute approximate surface area is 189 Å². The van der Waals surface area contributed by atoms with Gasteiger partial charge in [0.1, 0.15) is 12.8 Å². The highest BCUT2D eigenvalue weighted by Gasteiger charge is 2.34. The predicted octanol–water partition coefficient (Wildman–Crippen LogP) is 2.73. The third-order valence-corrected chi connectivity index (χ3v) is 7.62. The molecule has 5 rings (SSSR count). The first-order valence-electron chi connectivity index (χ1n) is 10.3. The number of hydrogen-bond donors (Lipinski definition) is 2. The van der Waals surface area contributed by atoms with Crippen molar-refractivity contribution in [2.45, 2.75) is 30.1 Å². The first kappa shape index (κ1) is 21.5. The number of nitrogens with two attached hydrogens (primary N) is 1. The average Bonchev–Trinajstić information content (AvgIpc) is 3.37. The minimum atomic E-state index is -4.06. The molecule has 2 aromatic carbocycles. The lowest BCUT2D eigenvalue weighted by atomic mass is 10.0. The lowest BCUT2D eigenvalue weighted by Gasteiger charge is -2.13. The summed E-state index contributed by atoms with van der Waals surface area (Å²) >= 11 is 0. The molecular weight excluding hydrogens is 447 g/mol. The van der Waals surface area contributed by atoms with Gasteiger partial charge in [-0.3, -0.25) is 0 Å². The number of fused-ring (bicyclic) bond motifs is 3. The van der Waals surface area contributed by atoms with Crippen LogP contribution >= 0.6 is 0 Å². The van der Waals surface area contributed by atoms with Crippen molar-refractivity contribution >= 4 is 20.9 Å². The summed E-state index contributed by atoms with van der Waals surface area (Å²) in [6, 6.07) is 13.7. The third-order valence-electron chi connectivity index (χ3n) is 5.88. The van der Waals surface area contributed by atoms with Gasteiger partial charge in [0.2, 0.25) is 5.88 Å². The van der Waals surface area contributed by atoms with E-state index >= 15 is 0 Å². The lowest BCUT2D eigenvalue weighted by Crippen LogP contribution is -2.17. The number of aliphatic hydroxyl groups excluding tert-OH is 1. The first-order chi connectivity index (χ1) is 15.8. The molecule has 33 heavy (non-hydrogen) atoms. The zero-order valence-corrected chi connectivity index (χ0v) is 18.5. The first-order valence-corrected chi connectivity index (χ1v) is 11.7. The summed E-state index contributed by atoms with van der Waals surface area (Å²) in [5.74, 6) is 0.253. The second-order valence-corrected chi connectivity index (χ2v) is 9.58. The Hall–Kier alpha value is -3.34. The molecule has 0 unspecified atom stereocenters. The van der Waals surface area contributed by atoms with Gasteiger partial charge in [-0.1, -0.05) is 24.3 Å². The van der Waals surface area contributed by atoms with Crippen LogP contribution in [-0.2, 0) is 23.1 Å². The molecule has 0 saturated carbocycles. The van der Waals surface area contributed by atoms with Gasteiger partial charge in [-0.25, -0.2) is 21.8 Å². The topological polar surface area (TPSA) is 120 Å². The van der Waals surface area contributed by atoms with Crippen LogP contribution in [0.4, 0.5) is 4.39 Å². The molecule has 0 saturated heterocycles. The van der Waals surface area contributed by atoms with Crippen molar-refractivity contribution in [2.24, 2.45) is 5.73 Å². The van der Waals surface area contributed by atoms with Crippen LogP contribution in [-0.4, -0.2) is 40.7 Å². The maximum atomic E-state index is 14.4. The number of ether oxygens (including phenoxy) is 1. The van der Waals surface area contributed by atoms with Gasteiger partial charge in [0.15, 0.2) is 5.82 Å².